The van der Waals surface area contributed by atoms with Gasteiger partial charge in [-0.25, -0.2) is 8.42 Å². The third-order valence-electron chi connectivity index (χ3n) is 4.37. The van der Waals surface area contributed by atoms with Crippen LogP contribution in [-0.4, -0.2) is 75.5 Å². The number of sulfone groups is 1. The van der Waals surface area contributed by atoms with E-state index in [1.807, 2.05) is 27.1 Å². The highest BCUT2D eigenvalue weighted by Gasteiger charge is 2.32. The normalized spacial score (nSPS) is 19.1. The summed E-state index contributed by atoms with van der Waals surface area (Å²) in [5, 5.41) is 2.88. The van der Waals surface area contributed by atoms with Crippen molar-refractivity contribution in [2.24, 2.45) is 0 Å². The summed E-state index contributed by atoms with van der Waals surface area (Å²) in [5.41, 5.74) is 1.21. The van der Waals surface area contributed by atoms with Crippen molar-refractivity contribution in [3.8, 4) is 0 Å². The van der Waals surface area contributed by atoms with Crippen LogP contribution in [0.4, 0.5) is 5.69 Å². The number of amides is 1. The van der Waals surface area contributed by atoms with Crippen LogP contribution in [0.25, 0.3) is 0 Å². The van der Waals surface area contributed by atoms with Crippen molar-refractivity contribution in [3.05, 3.63) is 24.0 Å². The highest BCUT2D eigenvalue weighted by Crippen LogP contribution is 2.24. The average Bonchev–Trinajstić information content (AvgIpc) is 2.92. The molecule has 1 N–H and O–H groups in total. The monoisotopic (exact) mass is 368 g/mol. The number of nitrogens with one attached hydrogen (secondary N) is 1. The Bertz CT molecular complexity index is 691. The van der Waals surface area contributed by atoms with Crippen LogP contribution >= 0.6 is 0 Å². The zero-order chi connectivity index (χ0) is 18.4. The fraction of sp³-hybridized carbons (Fsp3) is 0.647. The first-order chi connectivity index (χ1) is 11.8. The molecule has 1 aliphatic rings. The van der Waals surface area contributed by atoms with Gasteiger partial charge in [-0.3, -0.25) is 9.78 Å². The molecule has 1 fully saturated rings. The molecule has 25 heavy (non-hydrogen) atoms. The van der Waals surface area contributed by atoms with Crippen LogP contribution in [0.15, 0.2) is 18.3 Å². The van der Waals surface area contributed by atoms with Gasteiger partial charge in [-0.05, 0) is 52.5 Å². The minimum atomic E-state index is -2.95. The third kappa shape index (κ3) is 5.67. The summed E-state index contributed by atoms with van der Waals surface area (Å²) >= 11 is 0. The van der Waals surface area contributed by atoms with Crippen LogP contribution in [0, 0.1) is 0 Å². The van der Waals surface area contributed by atoms with E-state index in [2.05, 4.69) is 20.1 Å². The lowest BCUT2D eigenvalue weighted by Gasteiger charge is -2.29. The van der Waals surface area contributed by atoms with Gasteiger partial charge in [0.15, 0.2) is 9.84 Å². The van der Waals surface area contributed by atoms with Crippen molar-refractivity contribution in [1.82, 2.24) is 15.2 Å². The molecule has 0 spiro atoms. The standard InChI is InChI=1S/C17H28N4O3S/c1-4-21(15-7-11-25(23,24)13-15)14-6-9-18-16(12-14)17(22)19-8-5-10-20(2)3/h6,9,12,15H,4-5,7-8,10-11,13H2,1-3H3,(H,19,22). The van der Waals surface area contributed by atoms with E-state index < -0.39 is 9.84 Å². The number of carbonyl (C=O) groups excluding carboxylic acids is 1. The molecule has 0 saturated carbocycles. The van der Waals surface area contributed by atoms with E-state index in [4.69, 9.17) is 0 Å². The number of pyridine rings is 1. The molecule has 1 unspecified atom stereocenters. The van der Waals surface area contributed by atoms with Gasteiger partial charge >= 0.3 is 0 Å². The molecule has 0 radical (unpaired) electrons. The summed E-state index contributed by atoms with van der Waals surface area (Å²) in [5.74, 6) is 0.212. The van der Waals surface area contributed by atoms with Gasteiger partial charge in [0.1, 0.15) is 5.69 Å². The summed E-state index contributed by atoms with van der Waals surface area (Å²) in [4.78, 5) is 20.6. The van der Waals surface area contributed by atoms with Crippen molar-refractivity contribution < 1.29 is 13.2 Å². The Hall–Kier alpha value is -1.67. The Kier molecular flexibility index (Phi) is 6.78. The predicted octanol–water partition coefficient (Wildman–Crippen LogP) is 0.777. The van der Waals surface area contributed by atoms with Crippen LogP contribution in [0.3, 0.4) is 0 Å². The lowest BCUT2D eigenvalue weighted by atomic mass is 10.2. The van der Waals surface area contributed by atoms with Crippen molar-refractivity contribution in [1.29, 1.82) is 0 Å². The maximum absolute atomic E-state index is 12.3. The number of hydrogen-bond donors (Lipinski definition) is 1. The fourth-order valence-electron chi connectivity index (χ4n) is 3.08. The van der Waals surface area contributed by atoms with Crippen molar-refractivity contribution >= 4 is 21.4 Å². The molecule has 2 heterocycles. The van der Waals surface area contributed by atoms with E-state index in [0.29, 0.717) is 25.2 Å². The van der Waals surface area contributed by atoms with Crippen molar-refractivity contribution in [2.75, 3.05) is 50.1 Å². The molecule has 1 amide bonds. The molecule has 7 nitrogen and oxygen atoms in total. The highest BCUT2D eigenvalue weighted by molar-refractivity contribution is 7.91. The average molecular weight is 369 g/mol. The van der Waals surface area contributed by atoms with Gasteiger partial charge in [-0.1, -0.05) is 0 Å². The number of nitrogens with zero attached hydrogens (tertiary/aromatic N) is 3. The molecule has 1 aliphatic heterocycles. The van der Waals surface area contributed by atoms with Crippen LogP contribution < -0.4 is 10.2 Å². The van der Waals surface area contributed by atoms with Gasteiger partial charge in [0.05, 0.1) is 11.5 Å². The minimum Gasteiger partial charge on any atom is -0.368 e. The Morgan fingerprint density at radius 3 is 2.76 bits per heavy atom. The summed E-state index contributed by atoms with van der Waals surface area (Å²) in [7, 11) is 1.04. The van der Waals surface area contributed by atoms with E-state index in [1.165, 1.54) is 0 Å². The van der Waals surface area contributed by atoms with Gasteiger partial charge < -0.3 is 15.1 Å². The van der Waals surface area contributed by atoms with E-state index in [1.54, 1.807) is 12.3 Å². The first-order valence-corrected chi connectivity index (χ1v) is 10.5. The molecule has 1 saturated heterocycles. The van der Waals surface area contributed by atoms with E-state index in [-0.39, 0.29) is 23.5 Å². The summed E-state index contributed by atoms with van der Waals surface area (Å²) in [6, 6.07) is 3.54. The van der Waals surface area contributed by atoms with Gasteiger partial charge in [0, 0.05) is 31.0 Å². The second kappa shape index (κ2) is 8.62. The van der Waals surface area contributed by atoms with Crippen molar-refractivity contribution in [2.45, 2.75) is 25.8 Å². The highest BCUT2D eigenvalue weighted by atomic mass is 32.2. The van der Waals surface area contributed by atoms with Crippen LogP contribution in [0.1, 0.15) is 30.3 Å². The molecule has 0 aromatic carbocycles. The first kappa shape index (κ1) is 19.7. The first-order valence-electron chi connectivity index (χ1n) is 8.68. The quantitative estimate of drug-likeness (QED) is 0.683. The van der Waals surface area contributed by atoms with Crippen molar-refractivity contribution in [3.63, 3.8) is 0 Å². The van der Waals surface area contributed by atoms with Gasteiger partial charge in [0.2, 0.25) is 0 Å². The van der Waals surface area contributed by atoms with E-state index in [9.17, 15) is 13.2 Å². The Morgan fingerprint density at radius 2 is 2.16 bits per heavy atom. The zero-order valence-electron chi connectivity index (χ0n) is 15.2. The number of hydrogen-bond acceptors (Lipinski definition) is 6. The van der Waals surface area contributed by atoms with Crippen LogP contribution in [0.2, 0.25) is 0 Å². The lowest BCUT2D eigenvalue weighted by molar-refractivity contribution is 0.0947. The molecule has 2 rings (SSSR count). The second-order valence-electron chi connectivity index (χ2n) is 6.65. The Balaban J connectivity index is 2.02. The predicted molar refractivity (Wildman–Crippen MR) is 99.8 cm³/mol. The Morgan fingerprint density at radius 1 is 1.40 bits per heavy atom. The maximum Gasteiger partial charge on any atom is 0.269 e. The van der Waals surface area contributed by atoms with Gasteiger partial charge in [0.25, 0.3) is 5.91 Å². The van der Waals surface area contributed by atoms with E-state index >= 15 is 0 Å². The molecule has 140 valence electrons. The number of carbonyl (C=O) groups is 1. The molecule has 0 aliphatic carbocycles. The number of rotatable bonds is 8. The third-order valence-corrected chi connectivity index (χ3v) is 6.12. The molecule has 1 aromatic heterocycles. The number of aromatic nitrogens is 1. The van der Waals surface area contributed by atoms with E-state index in [0.717, 1.165) is 18.7 Å². The van der Waals surface area contributed by atoms with Gasteiger partial charge in [-0.15, -0.1) is 0 Å². The zero-order valence-corrected chi connectivity index (χ0v) is 16.1. The van der Waals surface area contributed by atoms with Crippen LogP contribution in [0.5, 0.6) is 0 Å². The molecular weight excluding hydrogens is 340 g/mol. The SMILES string of the molecule is CCN(c1ccnc(C(=O)NCCCN(C)C)c1)C1CCS(=O)(=O)C1. The molecule has 8 heteroatoms. The lowest BCUT2D eigenvalue weighted by Crippen LogP contribution is -2.36. The second-order valence-corrected chi connectivity index (χ2v) is 8.88. The van der Waals surface area contributed by atoms with Gasteiger partial charge in [-0.2, -0.15) is 0 Å². The molecular formula is C17H28N4O3S. The Labute approximate surface area is 150 Å². The summed E-state index contributed by atoms with van der Waals surface area (Å²) in [6.07, 6.45) is 3.11. The number of anilines is 1. The van der Waals surface area contributed by atoms with Crippen LogP contribution in [-0.2, 0) is 9.84 Å². The maximum atomic E-state index is 12.3. The smallest absolute Gasteiger partial charge is 0.269 e. The summed E-state index contributed by atoms with van der Waals surface area (Å²) < 4.78 is 23.5. The molecule has 1 aromatic rings. The minimum absolute atomic E-state index is 0.0339. The molecule has 1 atom stereocenters. The fourth-order valence-corrected chi connectivity index (χ4v) is 4.81. The summed E-state index contributed by atoms with van der Waals surface area (Å²) in [6.45, 7) is 4.19. The molecule has 0 bridgehead atoms. The largest absolute Gasteiger partial charge is 0.368 e. The topological polar surface area (TPSA) is 82.6 Å².